The maximum Gasteiger partial charge on any atom is 0.166 e. The summed E-state index contributed by atoms with van der Waals surface area (Å²) < 4.78 is 11.2. The Bertz CT molecular complexity index is 432. The van der Waals surface area contributed by atoms with Crippen molar-refractivity contribution in [2.45, 2.75) is 24.6 Å². The highest BCUT2D eigenvalue weighted by Crippen LogP contribution is 2.48. The van der Waals surface area contributed by atoms with Crippen molar-refractivity contribution >= 4 is 23.2 Å². The first-order chi connectivity index (χ1) is 7.77. The zero-order valence-electron chi connectivity index (χ0n) is 8.76. The van der Waals surface area contributed by atoms with Gasteiger partial charge in [-0.15, -0.1) is 11.6 Å². The zero-order valence-corrected chi connectivity index (χ0v) is 10.3. The number of halogens is 2. The number of hydrogen-bond donors (Lipinski definition) is 0. The third-order valence-electron chi connectivity index (χ3n) is 3.12. The van der Waals surface area contributed by atoms with Gasteiger partial charge in [-0.05, 0) is 24.8 Å². The molecule has 1 aliphatic heterocycles. The van der Waals surface area contributed by atoms with Gasteiger partial charge in [0, 0.05) is 16.7 Å². The molecule has 0 saturated carbocycles. The predicted octanol–water partition coefficient (Wildman–Crippen LogP) is 3.73. The van der Waals surface area contributed by atoms with E-state index in [1.807, 2.05) is 6.07 Å². The summed E-state index contributed by atoms with van der Waals surface area (Å²) in [6, 6.07) is 1.85. The Kier molecular flexibility index (Phi) is 2.64. The standard InChI is InChI=1S/C12H12Cl2O2/c13-8-3-1-2-7-9(14)6-10-12(11(7)8)16-5-4-15-10/h6,8H,1-5H2. The lowest BCUT2D eigenvalue weighted by molar-refractivity contribution is 0.169. The van der Waals surface area contributed by atoms with Crippen LogP contribution in [0.4, 0.5) is 0 Å². The molecule has 0 spiro atoms. The minimum atomic E-state index is -0.00194. The summed E-state index contributed by atoms with van der Waals surface area (Å²) in [5, 5.41) is 0.752. The van der Waals surface area contributed by atoms with Crippen molar-refractivity contribution in [2.24, 2.45) is 0 Å². The van der Waals surface area contributed by atoms with Crippen molar-refractivity contribution < 1.29 is 9.47 Å². The Morgan fingerprint density at radius 1 is 1.25 bits per heavy atom. The Morgan fingerprint density at radius 3 is 2.94 bits per heavy atom. The van der Waals surface area contributed by atoms with E-state index in [2.05, 4.69) is 0 Å². The number of benzene rings is 1. The zero-order chi connectivity index (χ0) is 11.1. The maximum absolute atomic E-state index is 6.36. The smallest absolute Gasteiger partial charge is 0.166 e. The number of ether oxygens (including phenoxy) is 2. The Labute approximate surface area is 104 Å². The summed E-state index contributed by atoms with van der Waals surface area (Å²) in [7, 11) is 0. The highest BCUT2D eigenvalue weighted by atomic mass is 35.5. The van der Waals surface area contributed by atoms with Gasteiger partial charge in [-0.2, -0.15) is 0 Å². The van der Waals surface area contributed by atoms with Crippen LogP contribution in [0.5, 0.6) is 11.5 Å². The van der Waals surface area contributed by atoms with E-state index in [1.54, 1.807) is 0 Å². The first kappa shape index (κ1) is 10.5. The second kappa shape index (κ2) is 4.01. The van der Waals surface area contributed by atoms with E-state index in [1.165, 1.54) is 0 Å². The minimum Gasteiger partial charge on any atom is -0.486 e. The van der Waals surface area contributed by atoms with E-state index in [4.69, 9.17) is 32.7 Å². The minimum absolute atomic E-state index is 0.00194. The van der Waals surface area contributed by atoms with Crippen molar-refractivity contribution in [3.8, 4) is 11.5 Å². The average molecular weight is 259 g/mol. The van der Waals surface area contributed by atoms with Crippen molar-refractivity contribution in [1.82, 2.24) is 0 Å². The molecule has 0 aromatic heterocycles. The fourth-order valence-electron chi connectivity index (χ4n) is 2.41. The molecule has 1 atom stereocenters. The second-order valence-electron chi connectivity index (χ2n) is 4.13. The van der Waals surface area contributed by atoms with Gasteiger partial charge in [0.2, 0.25) is 0 Å². The van der Waals surface area contributed by atoms with Crippen LogP contribution in [0, 0.1) is 0 Å². The van der Waals surface area contributed by atoms with Gasteiger partial charge in [-0.3, -0.25) is 0 Å². The molecule has 1 aromatic rings. The molecule has 0 N–H and O–H groups in total. The number of alkyl halides is 1. The summed E-state index contributed by atoms with van der Waals surface area (Å²) in [5.74, 6) is 1.55. The van der Waals surface area contributed by atoms with Gasteiger partial charge in [0.1, 0.15) is 13.2 Å². The van der Waals surface area contributed by atoms with E-state index >= 15 is 0 Å². The maximum atomic E-state index is 6.36. The molecule has 1 unspecified atom stereocenters. The Hall–Kier alpha value is -0.600. The van der Waals surface area contributed by atoms with Crippen LogP contribution in [0.15, 0.2) is 6.07 Å². The summed E-state index contributed by atoms with van der Waals surface area (Å²) in [4.78, 5) is 0. The van der Waals surface area contributed by atoms with Crippen molar-refractivity contribution in [2.75, 3.05) is 13.2 Å². The molecule has 1 heterocycles. The molecule has 1 aromatic carbocycles. The summed E-state index contributed by atoms with van der Waals surface area (Å²) >= 11 is 12.6. The van der Waals surface area contributed by atoms with Crippen LogP contribution in [0.25, 0.3) is 0 Å². The molecule has 86 valence electrons. The fraction of sp³-hybridized carbons (Fsp3) is 0.500. The average Bonchev–Trinajstić information content (AvgIpc) is 2.30. The van der Waals surface area contributed by atoms with Gasteiger partial charge in [0.05, 0.1) is 5.38 Å². The number of fused-ring (bicyclic) bond motifs is 3. The Balaban J connectivity index is 2.21. The van der Waals surface area contributed by atoms with E-state index in [9.17, 15) is 0 Å². The molecule has 4 heteroatoms. The number of hydrogen-bond acceptors (Lipinski definition) is 2. The third-order valence-corrected chi connectivity index (χ3v) is 3.90. The molecule has 0 bridgehead atoms. The molecule has 0 fully saturated rings. The fourth-order valence-corrected chi connectivity index (χ4v) is 3.09. The summed E-state index contributed by atoms with van der Waals surface area (Å²) in [5.41, 5.74) is 2.19. The highest BCUT2D eigenvalue weighted by molar-refractivity contribution is 6.32. The predicted molar refractivity (Wildman–Crippen MR) is 64.0 cm³/mol. The normalized spacial score (nSPS) is 22.8. The lowest BCUT2D eigenvalue weighted by Gasteiger charge is -2.28. The van der Waals surface area contributed by atoms with Gasteiger partial charge < -0.3 is 9.47 Å². The topological polar surface area (TPSA) is 18.5 Å². The van der Waals surface area contributed by atoms with Crippen molar-refractivity contribution in [1.29, 1.82) is 0 Å². The monoisotopic (exact) mass is 258 g/mol. The van der Waals surface area contributed by atoms with Crippen LogP contribution in [0.3, 0.4) is 0 Å². The van der Waals surface area contributed by atoms with Crippen LogP contribution in [-0.2, 0) is 6.42 Å². The van der Waals surface area contributed by atoms with Crippen LogP contribution >= 0.6 is 23.2 Å². The van der Waals surface area contributed by atoms with E-state index < -0.39 is 0 Å². The van der Waals surface area contributed by atoms with Crippen LogP contribution in [-0.4, -0.2) is 13.2 Å². The summed E-state index contributed by atoms with van der Waals surface area (Å²) in [6.07, 6.45) is 3.04. The van der Waals surface area contributed by atoms with Gasteiger partial charge in [0.15, 0.2) is 11.5 Å². The lowest BCUT2D eigenvalue weighted by atomic mass is 9.90. The van der Waals surface area contributed by atoms with Gasteiger partial charge in [-0.1, -0.05) is 11.6 Å². The molecular formula is C12H12Cl2O2. The molecule has 3 rings (SSSR count). The second-order valence-corrected chi connectivity index (χ2v) is 5.07. The SMILES string of the molecule is Clc1cc2c(c3c1CCCC3Cl)OCCO2. The quantitative estimate of drug-likeness (QED) is 0.661. The number of rotatable bonds is 0. The third kappa shape index (κ3) is 1.56. The largest absolute Gasteiger partial charge is 0.486 e. The van der Waals surface area contributed by atoms with Gasteiger partial charge in [-0.25, -0.2) is 0 Å². The van der Waals surface area contributed by atoms with E-state index in [0.717, 1.165) is 46.9 Å². The van der Waals surface area contributed by atoms with Crippen molar-refractivity contribution in [3.63, 3.8) is 0 Å². The Morgan fingerprint density at radius 2 is 2.06 bits per heavy atom. The molecule has 0 radical (unpaired) electrons. The van der Waals surface area contributed by atoms with Crippen molar-refractivity contribution in [3.05, 3.63) is 22.2 Å². The molecule has 2 aliphatic rings. The lowest BCUT2D eigenvalue weighted by Crippen LogP contribution is -2.19. The molecule has 0 amide bonds. The molecule has 16 heavy (non-hydrogen) atoms. The van der Waals surface area contributed by atoms with Crippen LogP contribution < -0.4 is 9.47 Å². The molecule has 0 saturated heterocycles. The summed E-state index contributed by atoms with van der Waals surface area (Å²) in [6.45, 7) is 1.17. The van der Waals surface area contributed by atoms with Crippen LogP contribution in [0.2, 0.25) is 5.02 Å². The molecular weight excluding hydrogens is 247 g/mol. The first-order valence-electron chi connectivity index (χ1n) is 5.52. The first-order valence-corrected chi connectivity index (χ1v) is 6.34. The molecule has 1 aliphatic carbocycles. The van der Waals surface area contributed by atoms with Gasteiger partial charge >= 0.3 is 0 Å². The highest BCUT2D eigenvalue weighted by Gasteiger charge is 2.29. The van der Waals surface area contributed by atoms with Crippen LogP contribution in [0.1, 0.15) is 29.3 Å². The molecule has 2 nitrogen and oxygen atoms in total. The van der Waals surface area contributed by atoms with E-state index in [0.29, 0.717) is 13.2 Å². The van der Waals surface area contributed by atoms with Gasteiger partial charge in [0.25, 0.3) is 0 Å². The van der Waals surface area contributed by atoms with E-state index in [-0.39, 0.29) is 5.38 Å².